The summed E-state index contributed by atoms with van der Waals surface area (Å²) in [6.45, 7) is 14.1. The summed E-state index contributed by atoms with van der Waals surface area (Å²) in [4.78, 5) is 25.4. The van der Waals surface area contributed by atoms with Crippen molar-refractivity contribution in [1.29, 1.82) is 0 Å². The highest BCUT2D eigenvalue weighted by Crippen LogP contribution is 2.30. The lowest BCUT2D eigenvalue weighted by Crippen LogP contribution is -2.62. The molecule has 0 aromatic heterocycles. The van der Waals surface area contributed by atoms with Crippen molar-refractivity contribution in [3.05, 3.63) is 0 Å². The van der Waals surface area contributed by atoms with Gasteiger partial charge in [0.2, 0.25) is 0 Å². The van der Waals surface area contributed by atoms with Crippen LogP contribution in [0.2, 0.25) is 0 Å². The van der Waals surface area contributed by atoms with E-state index in [0.717, 1.165) is 0 Å². The van der Waals surface area contributed by atoms with Crippen LogP contribution in [0.1, 0.15) is 61.3 Å². The highest BCUT2D eigenvalue weighted by Gasteiger charge is 2.42. The normalized spacial score (nSPS) is 18.9. The molecule has 134 valence electrons. The van der Waals surface area contributed by atoms with Crippen LogP contribution < -0.4 is 5.73 Å². The Kier molecular flexibility index (Phi) is 5.73. The maximum absolute atomic E-state index is 11.9. The number of esters is 1. The number of rotatable bonds is 4. The van der Waals surface area contributed by atoms with Gasteiger partial charge in [-0.2, -0.15) is 0 Å². The molecule has 1 saturated heterocycles. The van der Waals surface area contributed by atoms with Gasteiger partial charge in [0.25, 0.3) is 0 Å². The van der Waals surface area contributed by atoms with E-state index in [2.05, 4.69) is 0 Å². The van der Waals surface area contributed by atoms with Gasteiger partial charge in [0, 0.05) is 31.0 Å². The Balaban J connectivity index is 2.40. The molecule has 6 heteroatoms. The van der Waals surface area contributed by atoms with Crippen molar-refractivity contribution in [2.45, 2.75) is 78.0 Å². The summed E-state index contributed by atoms with van der Waals surface area (Å²) in [5.74, 6) is -0.0741. The van der Waals surface area contributed by atoms with Gasteiger partial charge in [0.1, 0.15) is 11.2 Å². The number of carbonyl (C=O) groups is 2. The highest BCUT2D eigenvalue weighted by molar-refractivity contribution is 5.70. The number of nitrogens with two attached hydrogens (primary N) is 1. The average molecular weight is 328 g/mol. The van der Waals surface area contributed by atoms with Crippen LogP contribution in [0.25, 0.3) is 0 Å². The number of hydrogen-bond acceptors (Lipinski definition) is 5. The van der Waals surface area contributed by atoms with Crippen molar-refractivity contribution in [1.82, 2.24) is 4.90 Å². The number of carbonyl (C=O) groups excluding carboxylic acids is 2. The Hall–Kier alpha value is -1.30. The topological polar surface area (TPSA) is 81.9 Å². The molecule has 1 fully saturated rings. The molecule has 1 heterocycles. The Morgan fingerprint density at radius 2 is 1.48 bits per heavy atom. The highest BCUT2D eigenvalue weighted by atomic mass is 16.6. The van der Waals surface area contributed by atoms with E-state index in [1.807, 2.05) is 48.5 Å². The first-order chi connectivity index (χ1) is 10.2. The summed E-state index contributed by atoms with van der Waals surface area (Å²) in [6.07, 6.45) is 0.513. The second-order valence-corrected chi connectivity index (χ2v) is 8.67. The van der Waals surface area contributed by atoms with Crippen LogP contribution in [0, 0.1) is 5.92 Å². The molecule has 2 N–H and O–H groups in total. The van der Waals surface area contributed by atoms with E-state index >= 15 is 0 Å². The zero-order valence-corrected chi connectivity index (χ0v) is 15.6. The standard InChI is InChI=1S/C17H32N2O4/c1-15(2,3)22-13(20)8-9-17(7,18)12-10-19(11-12)14(21)23-16(4,5)6/h12H,8-11,18H2,1-7H3. The lowest BCUT2D eigenvalue weighted by Gasteiger charge is -2.47. The maximum Gasteiger partial charge on any atom is 0.410 e. The van der Waals surface area contributed by atoms with E-state index < -0.39 is 16.7 Å². The third kappa shape index (κ3) is 6.77. The molecule has 0 spiro atoms. The summed E-state index contributed by atoms with van der Waals surface area (Å²) >= 11 is 0. The van der Waals surface area contributed by atoms with Crippen LogP contribution >= 0.6 is 0 Å². The molecule has 0 aliphatic carbocycles. The van der Waals surface area contributed by atoms with Crippen LogP contribution in [0.4, 0.5) is 4.79 Å². The monoisotopic (exact) mass is 328 g/mol. The van der Waals surface area contributed by atoms with Gasteiger partial charge in [0.05, 0.1) is 0 Å². The van der Waals surface area contributed by atoms with E-state index in [1.54, 1.807) is 4.90 Å². The van der Waals surface area contributed by atoms with Crippen LogP contribution in [-0.4, -0.2) is 46.8 Å². The smallest absolute Gasteiger partial charge is 0.410 e. The second kappa shape index (κ2) is 6.67. The van der Waals surface area contributed by atoms with E-state index in [9.17, 15) is 9.59 Å². The Bertz CT molecular complexity index is 440. The molecule has 0 radical (unpaired) electrons. The lowest BCUT2D eigenvalue weighted by molar-refractivity contribution is -0.155. The third-order valence-electron chi connectivity index (χ3n) is 3.75. The van der Waals surface area contributed by atoms with E-state index in [-0.39, 0.29) is 24.4 Å². The van der Waals surface area contributed by atoms with Crippen LogP contribution in [-0.2, 0) is 14.3 Å². The Morgan fingerprint density at radius 3 is 1.91 bits per heavy atom. The number of amides is 1. The molecule has 1 aliphatic heterocycles. The average Bonchev–Trinajstić information content (AvgIpc) is 2.18. The number of nitrogens with zero attached hydrogens (tertiary/aromatic N) is 1. The van der Waals surface area contributed by atoms with Gasteiger partial charge in [-0.25, -0.2) is 4.79 Å². The van der Waals surface area contributed by atoms with Gasteiger partial charge in [0.15, 0.2) is 0 Å². The van der Waals surface area contributed by atoms with Crippen molar-refractivity contribution < 1.29 is 19.1 Å². The predicted molar refractivity (Wildman–Crippen MR) is 89.0 cm³/mol. The second-order valence-electron chi connectivity index (χ2n) is 8.67. The quantitative estimate of drug-likeness (QED) is 0.802. The van der Waals surface area contributed by atoms with Gasteiger partial charge in [-0.3, -0.25) is 4.79 Å². The van der Waals surface area contributed by atoms with Crippen LogP contribution in [0.5, 0.6) is 0 Å². The Morgan fingerprint density at radius 1 is 1.00 bits per heavy atom. The molecule has 1 atom stereocenters. The van der Waals surface area contributed by atoms with Crippen molar-refractivity contribution in [2.75, 3.05) is 13.1 Å². The molecular formula is C17H32N2O4. The zero-order valence-electron chi connectivity index (χ0n) is 15.6. The third-order valence-corrected chi connectivity index (χ3v) is 3.75. The molecule has 0 aromatic rings. The van der Waals surface area contributed by atoms with Gasteiger partial charge >= 0.3 is 12.1 Å². The minimum Gasteiger partial charge on any atom is -0.460 e. The first-order valence-corrected chi connectivity index (χ1v) is 8.18. The van der Waals surface area contributed by atoms with Crippen molar-refractivity contribution in [2.24, 2.45) is 11.7 Å². The van der Waals surface area contributed by atoms with Gasteiger partial charge in [-0.15, -0.1) is 0 Å². The van der Waals surface area contributed by atoms with Crippen LogP contribution in [0.3, 0.4) is 0 Å². The summed E-state index contributed by atoms with van der Waals surface area (Å²) < 4.78 is 10.6. The summed E-state index contributed by atoms with van der Waals surface area (Å²) in [6, 6.07) is 0. The van der Waals surface area contributed by atoms with E-state index in [0.29, 0.717) is 19.5 Å². The molecule has 1 amide bonds. The summed E-state index contributed by atoms with van der Waals surface area (Å²) in [7, 11) is 0. The van der Waals surface area contributed by atoms with Crippen molar-refractivity contribution >= 4 is 12.1 Å². The Labute approximate surface area is 139 Å². The van der Waals surface area contributed by atoms with Crippen molar-refractivity contribution in [3.63, 3.8) is 0 Å². The molecule has 0 saturated carbocycles. The fourth-order valence-corrected chi connectivity index (χ4v) is 2.34. The number of hydrogen-bond donors (Lipinski definition) is 1. The van der Waals surface area contributed by atoms with E-state index in [1.165, 1.54) is 0 Å². The molecule has 1 rings (SSSR count). The van der Waals surface area contributed by atoms with Gasteiger partial charge in [-0.1, -0.05) is 0 Å². The van der Waals surface area contributed by atoms with Crippen LogP contribution in [0.15, 0.2) is 0 Å². The first-order valence-electron chi connectivity index (χ1n) is 8.18. The molecule has 0 aromatic carbocycles. The van der Waals surface area contributed by atoms with E-state index in [4.69, 9.17) is 15.2 Å². The summed E-state index contributed by atoms with van der Waals surface area (Å²) in [5, 5.41) is 0. The minimum atomic E-state index is -0.505. The minimum absolute atomic E-state index is 0.164. The fourth-order valence-electron chi connectivity index (χ4n) is 2.34. The first kappa shape index (κ1) is 19.7. The molecule has 6 nitrogen and oxygen atoms in total. The number of likely N-dealkylation sites (tertiary alicyclic amines) is 1. The number of ether oxygens (including phenoxy) is 2. The molecular weight excluding hydrogens is 296 g/mol. The molecule has 0 bridgehead atoms. The fraction of sp³-hybridized carbons (Fsp3) is 0.882. The van der Waals surface area contributed by atoms with Gasteiger partial charge in [-0.05, 0) is 54.9 Å². The summed E-state index contributed by atoms with van der Waals surface area (Å²) in [5.41, 5.74) is 4.86. The predicted octanol–water partition coefficient (Wildman–Crippen LogP) is 2.69. The largest absolute Gasteiger partial charge is 0.460 e. The van der Waals surface area contributed by atoms with Gasteiger partial charge < -0.3 is 20.1 Å². The SMILES string of the molecule is CC(C)(C)OC(=O)CCC(C)(N)C1CN(C(=O)OC(C)(C)C)C1. The molecule has 1 unspecified atom stereocenters. The molecule has 1 aliphatic rings. The zero-order chi connectivity index (χ0) is 18.1. The molecule has 23 heavy (non-hydrogen) atoms. The van der Waals surface area contributed by atoms with Crippen molar-refractivity contribution in [3.8, 4) is 0 Å². The lowest BCUT2D eigenvalue weighted by atomic mass is 9.78. The maximum atomic E-state index is 11.9.